The maximum atomic E-state index is 12.2. The summed E-state index contributed by atoms with van der Waals surface area (Å²) < 4.78 is 29.4. The standard InChI is InChI=1S/C13H20N2O4S2/c1-3-19-13(16)10-9(14)11(21(17,18)4-2)12(20-10)15-7-8-5-6-8/h8,15H,3-7,14H2,1-2H3. The average molecular weight is 332 g/mol. The number of rotatable bonds is 7. The Kier molecular flexibility index (Phi) is 4.77. The van der Waals surface area contributed by atoms with Gasteiger partial charge in [-0.2, -0.15) is 0 Å². The van der Waals surface area contributed by atoms with E-state index in [4.69, 9.17) is 10.5 Å². The van der Waals surface area contributed by atoms with Crippen LogP contribution in [0.5, 0.6) is 0 Å². The molecule has 118 valence electrons. The first-order valence-corrected chi connectivity index (χ1v) is 9.43. The molecular weight excluding hydrogens is 312 g/mol. The van der Waals surface area contributed by atoms with Gasteiger partial charge in [-0.15, -0.1) is 11.3 Å². The molecule has 0 radical (unpaired) electrons. The molecule has 2 rings (SSSR count). The van der Waals surface area contributed by atoms with Gasteiger partial charge in [-0.25, -0.2) is 13.2 Å². The number of nitrogen functional groups attached to an aromatic ring is 1. The van der Waals surface area contributed by atoms with E-state index in [0.717, 1.165) is 24.2 Å². The van der Waals surface area contributed by atoms with E-state index >= 15 is 0 Å². The number of sulfone groups is 1. The number of carbonyl (C=O) groups is 1. The molecule has 0 saturated heterocycles. The number of hydrogen-bond acceptors (Lipinski definition) is 7. The maximum Gasteiger partial charge on any atom is 0.350 e. The van der Waals surface area contributed by atoms with Gasteiger partial charge in [-0.1, -0.05) is 6.92 Å². The fourth-order valence-electron chi connectivity index (χ4n) is 1.91. The van der Waals surface area contributed by atoms with Crippen LogP contribution in [0.15, 0.2) is 4.90 Å². The van der Waals surface area contributed by atoms with Crippen molar-refractivity contribution < 1.29 is 17.9 Å². The summed E-state index contributed by atoms with van der Waals surface area (Å²) in [7, 11) is -3.50. The second kappa shape index (κ2) is 6.23. The summed E-state index contributed by atoms with van der Waals surface area (Å²) in [5.74, 6) is -0.0579. The summed E-state index contributed by atoms with van der Waals surface area (Å²) in [4.78, 5) is 12.1. The Bertz CT molecular complexity index is 633. The second-order valence-corrected chi connectivity index (χ2v) is 8.19. The van der Waals surface area contributed by atoms with Crippen LogP contribution in [-0.2, 0) is 14.6 Å². The molecular formula is C13H20N2O4S2. The highest BCUT2D eigenvalue weighted by Crippen LogP contribution is 2.41. The molecule has 1 aliphatic carbocycles. The van der Waals surface area contributed by atoms with E-state index in [0.29, 0.717) is 17.5 Å². The molecule has 0 bridgehead atoms. The summed E-state index contributed by atoms with van der Waals surface area (Å²) in [6.45, 7) is 4.17. The van der Waals surface area contributed by atoms with Gasteiger partial charge in [0.05, 0.1) is 18.0 Å². The van der Waals surface area contributed by atoms with Crippen molar-refractivity contribution in [3.63, 3.8) is 0 Å². The quantitative estimate of drug-likeness (QED) is 0.742. The molecule has 8 heteroatoms. The van der Waals surface area contributed by atoms with Crippen molar-refractivity contribution >= 4 is 37.8 Å². The Morgan fingerprint density at radius 2 is 2.10 bits per heavy atom. The predicted octanol–water partition coefficient (Wildman–Crippen LogP) is 2.12. The maximum absolute atomic E-state index is 12.2. The number of carbonyl (C=O) groups excluding carboxylic acids is 1. The van der Waals surface area contributed by atoms with Crippen LogP contribution in [0, 0.1) is 5.92 Å². The van der Waals surface area contributed by atoms with E-state index in [1.807, 2.05) is 0 Å². The smallest absolute Gasteiger partial charge is 0.350 e. The topological polar surface area (TPSA) is 98.5 Å². The van der Waals surface area contributed by atoms with Crippen molar-refractivity contribution in [3.05, 3.63) is 4.88 Å². The number of ether oxygens (including phenoxy) is 1. The summed E-state index contributed by atoms with van der Waals surface area (Å²) >= 11 is 1.06. The highest BCUT2D eigenvalue weighted by atomic mass is 32.2. The minimum atomic E-state index is -3.50. The molecule has 0 unspecified atom stereocenters. The highest BCUT2D eigenvalue weighted by Gasteiger charge is 2.30. The van der Waals surface area contributed by atoms with E-state index in [1.165, 1.54) is 0 Å². The third-order valence-electron chi connectivity index (χ3n) is 3.30. The van der Waals surface area contributed by atoms with Crippen LogP contribution in [0.1, 0.15) is 36.4 Å². The number of anilines is 2. The molecule has 0 aliphatic heterocycles. The van der Waals surface area contributed by atoms with Crippen LogP contribution < -0.4 is 11.1 Å². The van der Waals surface area contributed by atoms with E-state index in [-0.39, 0.29) is 27.8 Å². The van der Waals surface area contributed by atoms with Crippen LogP contribution in [0.25, 0.3) is 0 Å². The van der Waals surface area contributed by atoms with Crippen LogP contribution in [0.4, 0.5) is 10.7 Å². The van der Waals surface area contributed by atoms with Crippen LogP contribution in [0.2, 0.25) is 0 Å². The zero-order valence-electron chi connectivity index (χ0n) is 12.1. The molecule has 3 N–H and O–H groups in total. The largest absolute Gasteiger partial charge is 0.462 e. The zero-order chi connectivity index (χ0) is 15.6. The fraction of sp³-hybridized carbons (Fsp3) is 0.615. The third kappa shape index (κ3) is 3.49. The Balaban J connectivity index is 2.40. The summed E-state index contributed by atoms with van der Waals surface area (Å²) in [6, 6.07) is 0. The first-order chi connectivity index (χ1) is 9.90. The number of nitrogens with one attached hydrogen (secondary N) is 1. The van der Waals surface area contributed by atoms with Crippen molar-refractivity contribution in [2.24, 2.45) is 5.92 Å². The Morgan fingerprint density at radius 3 is 2.62 bits per heavy atom. The third-order valence-corrected chi connectivity index (χ3v) is 6.38. The van der Waals surface area contributed by atoms with Crippen LogP contribution in [0.3, 0.4) is 0 Å². The molecule has 0 amide bonds. The van der Waals surface area contributed by atoms with Crippen LogP contribution >= 0.6 is 11.3 Å². The molecule has 21 heavy (non-hydrogen) atoms. The lowest BCUT2D eigenvalue weighted by molar-refractivity contribution is 0.0533. The van der Waals surface area contributed by atoms with Gasteiger partial charge in [0.25, 0.3) is 0 Å². The zero-order valence-corrected chi connectivity index (χ0v) is 13.8. The molecule has 0 spiro atoms. The SMILES string of the molecule is CCOC(=O)c1sc(NCC2CC2)c(S(=O)(=O)CC)c1N. The fourth-order valence-corrected chi connectivity index (χ4v) is 4.47. The van der Waals surface area contributed by atoms with Gasteiger partial charge >= 0.3 is 5.97 Å². The van der Waals surface area contributed by atoms with E-state index < -0.39 is 15.8 Å². The summed E-state index contributed by atoms with van der Waals surface area (Å²) in [6.07, 6.45) is 2.29. The highest BCUT2D eigenvalue weighted by molar-refractivity contribution is 7.91. The van der Waals surface area contributed by atoms with Gasteiger partial charge in [-0.05, 0) is 25.7 Å². The number of hydrogen-bond donors (Lipinski definition) is 2. The van der Waals surface area contributed by atoms with Crippen molar-refractivity contribution in [2.45, 2.75) is 31.6 Å². The summed E-state index contributed by atoms with van der Waals surface area (Å²) in [5, 5.41) is 3.57. The van der Waals surface area contributed by atoms with Crippen molar-refractivity contribution in [1.29, 1.82) is 0 Å². The lowest BCUT2D eigenvalue weighted by atomic mass is 10.4. The lowest BCUT2D eigenvalue weighted by Gasteiger charge is -2.07. The van der Waals surface area contributed by atoms with Crippen molar-refractivity contribution in [1.82, 2.24) is 0 Å². The molecule has 1 saturated carbocycles. The van der Waals surface area contributed by atoms with Gasteiger partial charge < -0.3 is 15.8 Å². The van der Waals surface area contributed by atoms with E-state index in [1.54, 1.807) is 13.8 Å². The van der Waals surface area contributed by atoms with Gasteiger partial charge in [0.15, 0.2) is 9.84 Å². The minimum absolute atomic E-state index is 0.00130. The van der Waals surface area contributed by atoms with E-state index in [9.17, 15) is 13.2 Å². The molecule has 1 aromatic heterocycles. The molecule has 1 aromatic rings. The lowest BCUT2D eigenvalue weighted by Crippen LogP contribution is -2.11. The first-order valence-electron chi connectivity index (χ1n) is 6.96. The Morgan fingerprint density at radius 1 is 1.43 bits per heavy atom. The van der Waals surface area contributed by atoms with Gasteiger partial charge in [0.1, 0.15) is 14.8 Å². The first kappa shape index (κ1) is 16.1. The minimum Gasteiger partial charge on any atom is -0.462 e. The number of nitrogens with two attached hydrogens (primary N) is 1. The van der Waals surface area contributed by atoms with Crippen LogP contribution in [-0.4, -0.2) is 33.3 Å². The molecule has 0 atom stereocenters. The molecule has 1 aliphatic rings. The number of esters is 1. The molecule has 0 aromatic carbocycles. The van der Waals surface area contributed by atoms with Gasteiger partial charge in [-0.3, -0.25) is 0 Å². The second-order valence-electron chi connectivity index (χ2n) is 4.95. The normalized spacial score (nSPS) is 15.0. The Labute approximate surface area is 128 Å². The van der Waals surface area contributed by atoms with Crippen molar-refractivity contribution in [2.75, 3.05) is 30.0 Å². The van der Waals surface area contributed by atoms with E-state index in [2.05, 4.69) is 5.32 Å². The molecule has 6 nitrogen and oxygen atoms in total. The Hall–Kier alpha value is -1.28. The predicted molar refractivity (Wildman–Crippen MR) is 83.6 cm³/mol. The van der Waals surface area contributed by atoms with Gasteiger partial charge in [0, 0.05) is 6.54 Å². The monoisotopic (exact) mass is 332 g/mol. The molecule has 1 fully saturated rings. The number of thiophene rings is 1. The molecule has 1 heterocycles. The van der Waals surface area contributed by atoms with Gasteiger partial charge in [0.2, 0.25) is 0 Å². The van der Waals surface area contributed by atoms with Crippen molar-refractivity contribution in [3.8, 4) is 0 Å². The summed E-state index contributed by atoms with van der Waals surface area (Å²) in [5.41, 5.74) is 5.91. The average Bonchev–Trinajstić information content (AvgIpc) is 3.19.